The van der Waals surface area contributed by atoms with E-state index in [0.29, 0.717) is 17.8 Å². The maximum absolute atomic E-state index is 11.9. The summed E-state index contributed by atoms with van der Waals surface area (Å²) in [6.45, 7) is 0.280. The highest BCUT2D eigenvalue weighted by molar-refractivity contribution is 7.14. The van der Waals surface area contributed by atoms with Crippen molar-refractivity contribution in [2.75, 3.05) is 13.2 Å². The van der Waals surface area contributed by atoms with Gasteiger partial charge in [-0.05, 0) is 12.1 Å². The first-order valence-corrected chi connectivity index (χ1v) is 6.28. The highest BCUT2D eigenvalue weighted by Crippen LogP contribution is 2.15. The summed E-state index contributed by atoms with van der Waals surface area (Å²) in [6.07, 6.45) is 0.328. The topological polar surface area (TPSA) is 78.4 Å². The number of rotatable bonds is 2. The Hall–Kier alpha value is -1.84. The number of amides is 2. The van der Waals surface area contributed by atoms with Crippen LogP contribution in [-0.2, 0) is 4.79 Å². The van der Waals surface area contributed by atoms with Crippen LogP contribution in [0.1, 0.15) is 21.0 Å². The van der Waals surface area contributed by atoms with E-state index in [1.807, 2.05) is 0 Å². The van der Waals surface area contributed by atoms with E-state index in [1.165, 1.54) is 11.3 Å². The summed E-state index contributed by atoms with van der Waals surface area (Å²) in [5.41, 5.74) is 0. The average molecular weight is 264 g/mol. The number of thiophene rings is 1. The van der Waals surface area contributed by atoms with Crippen LogP contribution in [0.15, 0.2) is 12.1 Å². The zero-order valence-corrected chi connectivity index (χ0v) is 10.3. The lowest BCUT2D eigenvalue weighted by atomic mass is 10.2. The molecule has 0 saturated carbocycles. The van der Waals surface area contributed by atoms with Crippen LogP contribution in [0.2, 0.25) is 0 Å². The van der Waals surface area contributed by atoms with Crippen LogP contribution in [0.4, 0.5) is 0 Å². The molecule has 18 heavy (non-hydrogen) atoms. The van der Waals surface area contributed by atoms with Crippen LogP contribution in [-0.4, -0.2) is 36.1 Å². The zero-order chi connectivity index (χ0) is 13.0. The molecule has 1 aliphatic rings. The molecule has 0 bridgehead atoms. The molecule has 94 valence electrons. The third-order valence-electron chi connectivity index (χ3n) is 2.43. The summed E-state index contributed by atoms with van der Waals surface area (Å²) in [5.74, 6) is 5.03. The molecule has 0 spiro atoms. The summed E-state index contributed by atoms with van der Waals surface area (Å²) in [6, 6.07) is 3.28. The van der Waals surface area contributed by atoms with Gasteiger partial charge in [0, 0.05) is 13.0 Å². The Balaban J connectivity index is 1.96. The zero-order valence-electron chi connectivity index (χ0n) is 9.53. The smallest absolute Gasteiger partial charge is 0.261 e. The van der Waals surface area contributed by atoms with Crippen molar-refractivity contribution in [2.45, 2.75) is 12.5 Å². The van der Waals surface area contributed by atoms with E-state index >= 15 is 0 Å². The normalized spacial score (nSPS) is 17.8. The van der Waals surface area contributed by atoms with E-state index < -0.39 is 0 Å². The molecule has 6 heteroatoms. The van der Waals surface area contributed by atoms with Gasteiger partial charge in [0.25, 0.3) is 5.91 Å². The first-order valence-electron chi connectivity index (χ1n) is 5.46. The van der Waals surface area contributed by atoms with Crippen molar-refractivity contribution >= 4 is 23.2 Å². The molecule has 1 atom stereocenters. The number of nitrogens with one attached hydrogen (secondary N) is 2. The molecular formula is C12H12N2O3S. The molecule has 3 N–H and O–H groups in total. The largest absolute Gasteiger partial charge is 0.384 e. The van der Waals surface area contributed by atoms with E-state index in [9.17, 15) is 9.59 Å². The molecule has 1 aromatic heterocycles. The minimum absolute atomic E-state index is 0.0408. The Morgan fingerprint density at radius 2 is 2.44 bits per heavy atom. The van der Waals surface area contributed by atoms with Crippen LogP contribution in [0, 0.1) is 11.8 Å². The Morgan fingerprint density at radius 3 is 3.11 bits per heavy atom. The van der Waals surface area contributed by atoms with Crippen LogP contribution in [0.3, 0.4) is 0 Å². The van der Waals surface area contributed by atoms with Crippen molar-refractivity contribution < 1.29 is 14.7 Å². The van der Waals surface area contributed by atoms with Gasteiger partial charge < -0.3 is 15.7 Å². The first kappa shape index (κ1) is 12.6. The molecule has 0 aliphatic carbocycles. The van der Waals surface area contributed by atoms with Gasteiger partial charge in [-0.2, -0.15) is 0 Å². The minimum atomic E-state index is -0.199. The predicted molar refractivity (Wildman–Crippen MR) is 67.2 cm³/mol. The lowest BCUT2D eigenvalue weighted by molar-refractivity contribution is -0.119. The maximum Gasteiger partial charge on any atom is 0.261 e. The molecule has 2 rings (SSSR count). The number of hydrogen-bond donors (Lipinski definition) is 3. The first-order chi connectivity index (χ1) is 8.69. The second-order valence-corrected chi connectivity index (χ2v) is 4.89. The Morgan fingerprint density at radius 1 is 1.61 bits per heavy atom. The van der Waals surface area contributed by atoms with Gasteiger partial charge in [0.1, 0.15) is 6.61 Å². The van der Waals surface area contributed by atoms with Crippen molar-refractivity contribution in [3.05, 3.63) is 21.9 Å². The van der Waals surface area contributed by atoms with E-state index in [4.69, 9.17) is 5.11 Å². The third-order valence-corrected chi connectivity index (χ3v) is 3.43. The fraction of sp³-hybridized carbons (Fsp3) is 0.333. The molecule has 5 nitrogen and oxygen atoms in total. The molecule has 1 aliphatic heterocycles. The maximum atomic E-state index is 11.9. The Labute approximate surface area is 108 Å². The summed E-state index contributed by atoms with van der Waals surface area (Å²) in [4.78, 5) is 24.1. The summed E-state index contributed by atoms with van der Waals surface area (Å²) in [7, 11) is 0. The average Bonchev–Trinajstić information content (AvgIpc) is 2.96. The lowest BCUT2D eigenvalue weighted by Crippen LogP contribution is -2.35. The monoisotopic (exact) mass is 264 g/mol. The van der Waals surface area contributed by atoms with Gasteiger partial charge in [0.05, 0.1) is 15.8 Å². The SMILES string of the molecule is O=C1CC(NC(=O)c2ccc(C#CCO)s2)CN1. The van der Waals surface area contributed by atoms with Gasteiger partial charge in [0.15, 0.2) is 0 Å². The number of carbonyl (C=O) groups is 2. The predicted octanol–water partition coefficient (Wildman–Crippen LogP) is -0.290. The van der Waals surface area contributed by atoms with E-state index in [1.54, 1.807) is 12.1 Å². The minimum Gasteiger partial charge on any atom is -0.384 e. The van der Waals surface area contributed by atoms with Crippen molar-refractivity contribution in [1.82, 2.24) is 10.6 Å². The molecule has 1 fully saturated rings. The third kappa shape index (κ3) is 3.09. The molecule has 0 radical (unpaired) electrons. The molecule has 1 unspecified atom stereocenters. The van der Waals surface area contributed by atoms with Gasteiger partial charge in [-0.1, -0.05) is 11.8 Å². The van der Waals surface area contributed by atoms with E-state index in [0.717, 1.165) is 4.88 Å². The van der Waals surface area contributed by atoms with Gasteiger partial charge in [-0.15, -0.1) is 11.3 Å². The second-order valence-electron chi connectivity index (χ2n) is 3.80. The van der Waals surface area contributed by atoms with Crippen molar-refractivity contribution in [3.63, 3.8) is 0 Å². The molecule has 1 aromatic rings. The van der Waals surface area contributed by atoms with Gasteiger partial charge in [-0.25, -0.2) is 0 Å². The van der Waals surface area contributed by atoms with Crippen molar-refractivity contribution in [3.8, 4) is 11.8 Å². The number of aliphatic hydroxyl groups is 1. The highest BCUT2D eigenvalue weighted by Gasteiger charge is 2.23. The van der Waals surface area contributed by atoms with E-state index in [2.05, 4.69) is 22.5 Å². The number of aliphatic hydroxyl groups excluding tert-OH is 1. The van der Waals surface area contributed by atoms with Crippen molar-refractivity contribution in [2.24, 2.45) is 0 Å². The molecule has 2 heterocycles. The lowest BCUT2D eigenvalue weighted by Gasteiger charge is -2.08. The van der Waals surface area contributed by atoms with Gasteiger partial charge in [0.2, 0.25) is 5.91 Å². The second kappa shape index (κ2) is 5.67. The fourth-order valence-corrected chi connectivity index (χ4v) is 2.40. The molecular weight excluding hydrogens is 252 g/mol. The molecule has 0 aromatic carbocycles. The highest BCUT2D eigenvalue weighted by atomic mass is 32.1. The fourth-order valence-electron chi connectivity index (χ4n) is 1.62. The molecule has 2 amide bonds. The Kier molecular flexibility index (Phi) is 3.97. The summed E-state index contributed by atoms with van der Waals surface area (Å²) >= 11 is 1.26. The number of carbonyl (C=O) groups excluding carboxylic acids is 2. The van der Waals surface area contributed by atoms with Crippen LogP contribution in [0.5, 0.6) is 0 Å². The van der Waals surface area contributed by atoms with Crippen LogP contribution in [0.25, 0.3) is 0 Å². The number of hydrogen-bond acceptors (Lipinski definition) is 4. The van der Waals surface area contributed by atoms with Crippen molar-refractivity contribution in [1.29, 1.82) is 0 Å². The van der Waals surface area contributed by atoms with Gasteiger partial charge in [-0.3, -0.25) is 9.59 Å². The van der Waals surface area contributed by atoms with Crippen LogP contribution >= 0.6 is 11.3 Å². The summed E-state index contributed by atoms with van der Waals surface area (Å²) < 4.78 is 0. The van der Waals surface area contributed by atoms with Gasteiger partial charge >= 0.3 is 0 Å². The Bertz CT molecular complexity index is 527. The summed E-state index contributed by atoms with van der Waals surface area (Å²) in [5, 5.41) is 14.0. The standard InChI is InChI=1S/C12H12N2O3S/c15-5-1-2-9-3-4-10(18-9)12(17)14-8-6-11(16)13-7-8/h3-4,8,15H,5-7H2,(H,13,16)(H,14,17). The van der Waals surface area contributed by atoms with E-state index in [-0.39, 0.29) is 24.5 Å². The van der Waals surface area contributed by atoms with Crippen LogP contribution < -0.4 is 10.6 Å². The molecule has 1 saturated heterocycles. The quantitative estimate of drug-likeness (QED) is 0.642.